The minimum absolute atomic E-state index is 0.780. The van der Waals surface area contributed by atoms with Gasteiger partial charge < -0.3 is 9.88 Å². The summed E-state index contributed by atoms with van der Waals surface area (Å²) in [6.45, 7) is 1.73. The molecule has 1 heterocycles. The Balaban J connectivity index is 1.75. The number of nitrogens with zero attached hydrogens (tertiary/aromatic N) is 1. The average molecular weight is 285 g/mol. The van der Waals surface area contributed by atoms with Crippen molar-refractivity contribution in [3.63, 3.8) is 0 Å². The molecular formula is C17H17ClN2. The van der Waals surface area contributed by atoms with Crippen molar-refractivity contribution in [3.05, 3.63) is 70.9 Å². The van der Waals surface area contributed by atoms with E-state index in [1.807, 2.05) is 18.2 Å². The van der Waals surface area contributed by atoms with E-state index in [-0.39, 0.29) is 0 Å². The molecule has 0 aliphatic rings. The quantitative estimate of drug-likeness (QED) is 0.762. The third-order valence-electron chi connectivity index (χ3n) is 3.52. The molecule has 0 fully saturated rings. The third kappa shape index (κ3) is 2.72. The predicted molar refractivity (Wildman–Crippen MR) is 84.9 cm³/mol. The van der Waals surface area contributed by atoms with Crippen molar-refractivity contribution >= 4 is 22.5 Å². The number of halogens is 1. The molecule has 0 aliphatic carbocycles. The molecule has 0 unspecified atom stereocenters. The zero-order chi connectivity index (χ0) is 13.9. The fourth-order valence-corrected chi connectivity index (χ4v) is 2.69. The van der Waals surface area contributed by atoms with Gasteiger partial charge in [0.05, 0.1) is 0 Å². The maximum absolute atomic E-state index is 6.06. The van der Waals surface area contributed by atoms with Crippen LogP contribution >= 0.6 is 11.6 Å². The monoisotopic (exact) mass is 284 g/mol. The second-order valence-electron chi connectivity index (χ2n) is 5.02. The van der Waals surface area contributed by atoms with E-state index < -0.39 is 0 Å². The second-order valence-corrected chi connectivity index (χ2v) is 5.45. The molecule has 20 heavy (non-hydrogen) atoms. The lowest BCUT2D eigenvalue weighted by Crippen LogP contribution is -2.12. The second kappa shape index (κ2) is 5.70. The van der Waals surface area contributed by atoms with Crippen LogP contribution < -0.4 is 5.32 Å². The number of benzene rings is 2. The maximum Gasteiger partial charge on any atom is 0.0495 e. The molecule has 0 atom stereocenters. The zero-order valence-corrected chi connectivity index (χ0v) is 12.2. The number of fused-ring (bicyclic) bond motifs is 1. The van der Waals surface area contributed by atoms with Crippen LogP contribution in [-0.2, 0) is 20.1 Å². The molecule has 1 aromatic heterocycles. The first kappa shape index (κ1) is 13.2. The maximum atomic E-state index is 6.06. The van der Waals surface area contributed by atoms with Crippen molar-refractivity contribution in [1.29, 1.82) is 0 Å². The smallest absolute Gasteiger partial charge is 0.0495 e. The molecule has 0 radical (unpaired) electrons. The van der Waals surface area contributed by atoms with Gasteiger partial charge in [-0.15, -0.1) is 0 Å². The molecule has 102 valence electrons. The predicted octanol–water partition coefficient (Wildman–Crippen LogP) is 4.12. The minimum Gasteiger partial charge on any atom is -0.350 e. The molecule has 0 saturated carbocycles. The molecule has 3 rings (SSSR count). The van der Waals surface area contributed by atoms with E-state index in [1.54, 1.807) is 0 Å². The van der Waals surface area contributed by atoms with Gasteiger partial charge in [0.1, 0.15) is 0 Å². The lowest BCUT2D eigenvalue weighted by atomic mass is 10.1. The van der Waals surface area contributed by atoms with E-state index in [1.165, 1.54) is 22.0 Å². The van der Waals surface area contributed by atoms with Crippen LogP contribution in [0.3, 0.4) is 0 Å². The SMILES string of the molecule is Cn1cc(CNCc2ccccc2)c2ccc(Cl)cc21. The highest BCUT2D eigenvalue weighted by Crippen LogP contribution is 2.24. The van der Waals surface area contributed by atoms with Crippen molar-refractivity contribution in [2.75, 3.05) is 0 Å². The highest BCUT2D eigenvalue weighted by molar-refractivity contribution is 6.31. The van der Waals surface area contributed by atoms with Gasteiger partial charge in [0, 0.05) is 42.3 Å². The normalized spacial score (nSPS) is 11.1. The molecule has 0 saturated heterocycles. The Morgan fingerprint density at radius 1 is 1.05 bits per heavy atom. The van der Waals surface area contributed by atoms with E-state index in [4.69, 9.17) is 11.6 Å². The van der Waals surface area contributed by atoms with Crippen molar-refractivity contribution in [2.45, 2.75) is 13.1 Å². The highest BCUT2D eigenvalue weighted by Gasteiger charge is 2.06. The summed E-state index contributed by atoms with van der Waals surface area (Å²) >= 11 is 6.06. The highest BCUT2D eigenvalue weighted by atomic mass is 35.5. The summed E-state index contributed by atoms with van der Waals surface area (Å²) in [6.07, 6.45) is 2.17. The first-order chi connectivity index (χ1) is 9.74. The first-order valence-corrected chi connectivity index (χ1v) is 7.10. The number of aromatic nitrogens is 1. The Morgan fingerprint density at radius 2 is 1.85 bits per heavy atom. The summed E-state index contributed by atoms with van der Waals surface area (Å²) in [5.41, 5.74) is 3.78. The fraction of sp³-hybridized carbons (Fsp3) is 0.176. The Hall–Kier alpha value is -1.77. The summed E-state index contributed by atoms with van der Waals surface area (Å²) < 4.78 is 2.13. The molecule has 0 amide bonds. The Kier molecular flexibility index (Phi) is 3.77. The van der Waals surface area contributed by atoms with Crippen LogP contribution in [-0.4, -0.2) is 4.57 Å². The van der Waals surface area contributed by atoms with Gasteiger partial charge in [0.25, 0.3) is 0 Å². The molecule has 3 aromatic rings. The standard InChI is InChI=1S/C17H17ClN2/c1-20-12-14(16-8-7-15(18)9-17(16)20)11-19-10-13-5-3-2-4-6-13/h2-9,12,19H,10-11H2,1H3. The van der Waals surface area contributed by atoms with Crippen LogP contribution in [0.1, 0.15) is 11.1 Å². The Labute approximate surface area is 124 Å². The van der Waals surface area contributed by atoms with Gasteiger partial charge >= 0.3 is 0 Å². The van der Waals surface area contributed by atoms with Crippen molar-refractivity contribution in [3.8, 4) is 0 Å². The minimum atomic E-state index is 0.780. The summed E-state index contributed by atoms with van der Waals surface area (Å²) in [5, 5.41) is 5.53. The van der Waals surface area contributed by atoms with Crippen molar-refractivity contribution in [2.24, 2.45) is 7.05 Å². The fourth-order valence-electron chi connectivity index (χ4n) is 2.52. The van der Waals surface area contributed by atoms with Gasteiger partial charge in [0.15, 0.2) is 0 Å². The average Bonchev–Trinajstić information content (AvgIpc) is 2.76. The molecule has 0 spiro atoms. The van der Waals surface area contributed by atoms with Crippen LogP contribution in [0.4, 0.5) is 0 Å². The van der Waals surface area contributed by atoms with Crippen molar-refractivity contribution < 1.29 is 0 Å². The lowest BCUT2D eigenvalue weighted by molar-refractivity contribution is 0.694. The molecule has 2 nitrogen and oxygen atoms in total. The molecule has 1 N–H and O–H groups in total. The molecule has 3 heteroatoms. The van der Waals surface area contributed by atoms with E-state index in [9.17, 15) is 0 Å². The molecule has 0 bridgehead atoms. The number of rotatable bonds is 4. The Morgan fingerprint density at radius 3 is 2.65 bits per heavy atom. The first-order valence-electron chi connectivity index (χ1n) is 6.72. The molecule has 2 aromatic carbocycles. The van der Waals surface area contributed by atoms with Gasteiger partial charge in [-0.25, -0.2) is 0 Å². The third-order valence-corrected chi connectivity index (χ3v) is 3.76. The van der Waals surface area contributed by atoms with Crippen LogP contribution in [0.25, 0.3) is 10.9 Å². The topological polar surface area (TPSA) is 17.0 Å². The number of hydrogen-bond donors (Lipinski definition) is 1. The van der Waals surface area contributed by atoms with E-state index in [2.05, 4.69) is 53.5 Å². The lowest BCUT2D eigenvalue weighted by Gasteiger charge is -2.04. The number of hydrogen-bond acceptors (Lipinski definition) is 1. The van der Waals surface area contributed by atoms with Crippen LogP contribution in [0.15, 0.2) is 54.7 Å². The van der Waals surface area contributed by atoms with E-state index in [0.29, 0.717) is 0 Å². The van der Waals surface area contributed by atoms with Crippen molar-refractivity contribution in [1.82, 2.24) is 9.88 Å². The van der Waals surface area contributed by atoms with Gasteiger partial charge in [-0.1, -0.05) is 48.0 Å². The summed E-state index contributed by atoms with van der Waals surface area (Å²) in [5.74, 6) is 0. The van der Waals surface area contributed by atoms with Crippen LogP contribution in [0.5, 0.6) is 0 Å². The van der Waals surface area contributed by atoms with E-state index in [0.717, 1.165) is 18.1 Å². The Bertz CT molecular complexity index is 716. The van der Waals surface area contributed by atoms with Crippen LogP contribution in [0.2, 0.25) is 5.02 Å². The number of nitrogens with one attached hydrogen (secondary N) is 1. The summed E-state index contributed by atoms with van der Waals surface area (Å²) in [4.78, 5) is 0. The van der Waals surface area contributed by atoms with Crippen LogP contribution in [0, 0.1) is 0 Å². The summed E-state index contributed by atoms with van der Waals surface area (Å²) in [7, 11) is 2.05. The molecule has 0 aliphatic heterocycles. The number of aryl methyl sites for hydroxylation is 1. The summed E-state index contributed by atoms with van der Waals surface area (Å²) in [6, 6.07) is 16.5. The van der Waals surface area contributed by atoms with E-state index >= 15 is 0 Å². The molecular weight excluding hydrogens is 268 g/mol. The van der Waals surface area contributed by atoms with Gasteiger partial charge in [0.2, 0.25) is 0 Å². The van der Waals surface area contributed by atoms with Gasteiger partial charge in [-0.05, 0) is 23.3 Å². The zero-order valence-electron chi connectivity index (χ0n) is 11.4. The van der Waals surface area contributed by atoms with Gasteiger partial charge in [-0.3, -0.25) is 0 Å². The van der Waals surface area contributed by atoms with Gasteiger partial charge in [-0.2, -0.15) is 0 Å². The largest absolute Gasteiger partial charge is 0.350 e.